The first-order chi connectivity index (χ1) is 8.74. The molecule has 3 heteroatoms. The zero-order valence-electron chi connectivity index (χ0n) is 11.5. The van der Waals surface area contributed by atoms with Crippen molar-refractivity contribution in [3.8, 4) is 5.75 Å². The maximum Gasteiger partial charge on any atom is 0.119 e. The monoisotopic (exact) mass is 249 g/mol. The van der Waals surface area contributed by atoms with Crippen LogP contribution in [0, 0.1) is 0 Å². The van der Waals surface area contributed by atoms with E-state index in [1.54, 1.807) is 14.2 Å². The fourth-order valence-electron chi connectivity index (χ4n) is 2.51. The van der Waals surface area contributed by atoms with Gasteiger partial charge in [-0.15, -0.1) is 0 Å². The normalized spacial score (nSPS) is 20.3. The largest absolute Gasteiger partial charge is 0.497 e. The summed E-state index contributed by atoms with van der Waals surface area (Å²) in [7, 11) is 3.48. The van der Waals surface area contributed by atoms with Gasteiger partial charge in [0.25, 0.3) is 0 Å². The Morgan fingerprint density at radius 3 is 2.94 bits per heavy atom. The Kier molecular flexibility index (Phi) is 4.61. The summed E-state index contributed by atoms with van der Waals surface area (Å²) in [6.45, 7) is 2.97. The van der Waals surface area contributed by atoms with E-state index < -0.39 is 0 Å². The average molecular weight is 249 g/mol. The fourth-order valence-corrected chi connectivity index (χ4v) is 2.51. The molecule has 3 nitrogen and oxygen atoms in total. The van der Waals surface area contributed by atoms with Gasteiger partial charge in [-0.2, -0.15) is 0 Å². The molecule has 0 aromatic heterocycles. The van der Waals surface area contributed by atoms with Crippen molar-refractivity contribution in [2.24, 2.45) is 0 Å². The summed E-state index contributed by atoms with van der Waals surface area (Å²) in [5, 5.41) is 3.60. The molecule has 2 unspecified atom stereocenters. The van der Waals surface area contributed by atoms with Crippen LogP contribution in [0.25, 0.3) is 0 Å². The molecule has 1 aliphatic rings. The maximum atomic E-state index is 5.32. The quantitative estimate of drug-likeness (QED) is 0.870. The molecule has 1 aliphatic carbocycles. The number of ether oxygens (including phenoxy) is 2. The Morgan fingerprint density at radius 2 is 2.22 bits per heavy atom. The first-order valence-electron chi connectivity index (χ1n) is 6.67. The molecule has 0 fully saturated rings. The smallest absolute Gasteiger partial charge is 0.119 e. The topological polar surface area (TPSA) is 30.5 Å². The number of nitrogens with one attached hydrogen (secondary N) is 1. The van der Waals surface area contributed by atoms with Gasteiger partial charge in [-0.05, 0) is 49.4 Å². The molecule has 1 aromatic rings. The second-order valence-corrected chi connectivity index (χ2v) is 4.96. The Morgan fingerprint density at radius 1 is 1.39 bits per heavy atom. The standard InChI is InChI=1S/C15H23NO2/c1-11(17-2)10-16-15-6-4-5-12-7-8-13(18-3)9-14(12)15/h7-9,11,15-16H,4-6,10H2,1-3H3. The van der Waals surface area contributed by atoms with E-state index in [1.807, 2.05) is 0 Å². The van der Waals surface area contributed by atoms with E-state index in [4.69, 9.17) is 9.47 Å². The Labute approximate surface area is 109 Å². The van der Waals surface area contributed by atoms with Crippen LogP contribution >= 0.6 is 0 Å². The molecule has 0 radical (unpaired) electrons. The van der Waals surface area contributed by atoms with E-state index >= 15 is 0 Å². The number of hydrogen-bond acceptors (Lipinski definition) is 3. The van der Waals surface area contributed by atoms with Crippen LogP contribution in [-0.4, -0.2) is 26.9 Å². The number of fused-ring (bicyclic) bond motifs is 1. The molecule has 0 saturated heterocycles. The van der Waals surface area contributed by atoms with Gasteiger partial charge in [0, 0.05) is 19.7 Å². The van der Waals surface area contributed by atoms with Gasteiger partial charge in [-0.1, -0.05) is 6.07 Å². The van der Waals surface area contributed by atoms with Crippen LogP contribution in [0.15, 0.2) is 18.2 Å². The molecule has 18 heavy (non-hydrogen) atoms. The van der Waals surface area contributed by atoms with Crippen molar-refractivity contribution in [3.63, 3.8) is 0 Å². The molecule has 0 amide bonds. The predicted molar refractivity (Wildman–Crippen MR) is 73.1 cm³/mol. The van der Waals surface area contributed by atoms with E-state index in [0.717, 1.165) is 12.3 Å². The highest BCUT2D eigenvalue weighted by Crippen LogP contribution is 2.32. The van der Waals surface area contributed by atoms with E-state index in [1.165, 1.54) is 30.4 Å². The van der Waals surface area contributed by atoms with Crippen molar-refractivity contribution >= 4 is 0 Å². The van der Waals surface area contributed by atoms with E-state index in [9.17, 15) is 0 Å². The van der Waals surface area contributed by atoms with Crippen molar-refractivity contribution < 1.29 is 9.47 Å². The van der Waals surface area contributed by atoms with Crippen molar-refractivity contribution in [1.29, 1.82) is 0 Å². The fraction of sp³-hybridized carbons (Fsp3) is 0.600. The average Bonchev–Trinajstić information content (AvgIpc) is 2.43. The van der Waals surface area contributed by atoms with Crippen LogP contribution in [0.5, 0.6) is 5.75 Å². The number of hydrogen-bond donors (Lipinski definition) is 1. The number of aryl methyl sites for hydroxylation is 1. The molecule has 0 aliphatic heterocycles. The van der Waals surface area contributed by atoms with Gasteiger partial charge in [0.2, 0.25) is 0 Å². The van der Waals surface area contributed by atoms with Crippen molar-refractivity contribution in [1.82, 2.24) is 5.32 Å². The molecule has 0 saturated carbocycles. The predicted octanol–water partition coefficient (Wildman–Crippen LogP) is 2.70. The molecular formula is C15H23NO2. The van der Waals surface area contributed by atoms with E-state index in [2.05, 4.69) is 30.4 Å². The van der Waals surface area contributed by atoms with Gasteiger partial charge in [-0.3, -0.25) is 0 Å². The number of benzene rings is 1. The molecule has 100 valence electrons. The number of rotatable bonds is 5. The van der Waals surface area contributed by atoms with Crippen LogP contribution in [0.1, 0.15) is 36.9 Å². The zero-order valence-corrected chi connectivity index (χ0v) is 11.5. The summed E-state index contributed by atoms with van der Waals surface area (Å²) in [6, 6.07) is 6.85. The minimum absolute atomic E-state index is 0.251. The first-order valence-corrected chi connectivity index (χ1v) is 6.67. The lowest BCUT2D eigenvalue weighted by molar-refractivity contribution is 0.113. The second kappa shape index (κ2) is 6.21. The maximum absolute atomic E-state index is 5.32. The minimum Gasteiger partial charge on any atom is -0.497 e. The van der Waals surface area contributed by atoms with Gasteiger partial charge in [0.15, 0.2) is 0 Å². The highest BCUT2D eigenvalue weighted by molar-refractivity contribution is 5.39. The van der Waals surface area contributed by atoms with E-state index in [0.29, 0.717) is 6.04 Å². The third-order valence-corrected chi connectivity index (χ3v) is 3.72. The molecule has 0 heterocycles. The summed E-state index contributed by atoms with van der Waals surface area (Å²) in [6.07, 6.45) is 3.87. The Balaban J connectivity index is 2.10. The van der Waals surface area contributed by atoms with Crippen molar-refractivity contribution in [3.05, 3.63) is 29.3 Å². The summed E-state index contributed by atoms with van der Waals surface area (Å²) in [4.78, 5) is 0. The van der Waals surface area contributed by atoms with Gasteiger partial charge < -0.3 is 14.8 Å². The van der Waals surface area contributed by atoms with E-state index in [-0.39, 0.29) is 6.10 Å². The van der Waals surface area contributed by atoms with Gasteiger partial charge >= 0.3 is 0 Å². The zero-order chi connectivity index (χ0) is 13.0. The summed E-state index contributed by atoms with van der Waals surface area (Å²) in [5.41, 5.74) is 2.84. The second-order valence-electron chi connectivity index (χ2n) is 4.96. The SMILES string of the molecule is COc1ccc2c(c1)C(NCC(C)OC)CCC2. The van der Waals surface area contributed by atoms with Crippen LogP contribution in [0.4, 0.5) is 0 Å². The Bertz CT molecular complexity index is 392. The van der Waals surface area contributed by atoms with Crippen molar-refractivity contribution in [2.75, 3.05) is 20.8 Å². The molecule has 1 N–H and O–H groups in total. The lowest BCUT2D eigenvalue weighted by Crippen LogP contribution is -2.31. The molecule has 1 aromatic carbocycles. The van der Waals surface area contributed by atoms with Gasteiger partial charge in [0.05, 0.1) is 13.2 Å². The van der Waals surface area contributed by atoms with Gasteiger partial charge in [0.1, 0.15) is 5.75 Å². The lowest BCUT2D eigenvalue weighted by Gasteiger charge is -2.28. The molecular weight excluding hydrogens is 226 g/mol. The molecule has 2 atom stereocenters. The molecule has 0 bridgehead atoms. The van der Waals surface area contributed by atoms with Crippen LogP contribution < -0.4 is 10.1 Å². The third-order valence-electron chi connectivity index (χ3n) is 3.72. The van der Waals surface area contributed by atoms with Crippen LogP contribution in [-0.2, 0) is 11.2 Å². The van der Waals surface area contributed by atoms with Crippen LogP contribution in [0.2, 0.25) is 0 Å². The Hall–Kier alpha value is -1.06. The summed E-state index contributed by atoms with van der Waals surface area (Å²) < 4.78 is 10.6. The summed E-state index contributed by atoms with van der Waals surface area (Å²) in [5.74, 6) is 0.947. The summed E-state index contributed by atoms with van der Waals surface area (Å²) >= 11 is 0. The lowest BCUT2D eigenvalue weighted by atomic mass is 9.87. The first kappa shape index (κ1) is 13.4. The van der Waals surface area contributed by atoms with Gasteiger partial charge in [-0.25, -0.2) is 0 Å². The van der Waals surface area contributed by atoms with Crippen molar-refractivity contribution in [2.45, 2.75) is 38.3 Å². The highest BCUT2D eigenvalue weighted by atomic mass is 16.5. The third kappa shape index (κ3) is 3.03. The highest BCUT2D eigenvalue weighted by Gasteiger charge is 2.20. The molecule has 2 rings (SSSR count). The minimum atomic E-state index is 0.251. The van der Waals surface area contributed by atoms with Crippen LogP contribution in [0.3, 0.4) is 0 Å². The number of methoxy groups -OCH3 is 2. The molecule has 0 spiro atoms.